The summed E-state index contributed by atoms with van der Waals surface area (Å²) in [6.07, 6.45) is 3.20. The van der Waals surface area contributed by atoms with E-state index in [-0.39, 0.29) is 12.0 Å². The standard InChI is InChI=1S/C21H21N3O3S/c1-14(2)27-17-11-9-15(13-18(17)26-3)10-12-19(25)22-21-24-23-20(28-21)16-7-5-4-6-8-16/h4-14H,1-3H3,(H,22,24,25)/b12-10+. The molecule has 6 nitrogen and oxygen atoms in total. The lowest BCUT2D eigenvalue weighted by atomic mass is 10.2. The number of anilines is 1. The molecule has 0 saturated heterocycles. The van der Waals surface area contributed by atoms with Crippen LogP contribution in [0.25, 0.3) is 16.6 Å². The Hall–Kier alpha value is -3.19. The molecule has 0 unspecified atom stereocenters. The topological polar surface area (TPSA) is 73.3 Å². The Bertz CT molecular complexity index is 968. The molecule has 28 heavy (non-hydrogen) atoms. The Morgan fingerprint density at radius 3 is 2.61 bits per heavy atom. The van der Waals surface area contributed by atoms with Gasteiger partial charge in [0.05, 0.1) is 13.2 Å². The van der Waals surface area contributed by atoms with E-state index in [1.807, 2.05) is 62.4 Å². The van der Waals surface area contributed by atoms with E-state index in [9.17, 15) is 4.79 Å². The largest absolute Gasteiger partial charge is 0.493 e. The molecule has 1 N–H and O–H groups in total. The number of carbonyl (C=O) groups is 1. The molecule has 0 fully saturated rings. The lowest BCUT2D eigenvalue weighted by molar-refractivity contribution is -0.111. The summed E-state index contributed by atoms with van der Waals surface area (Å²) in [6.45, 7) is 3.91. The van der Waals surface area contributed by atoms with Crippen LogP contribution in [0.5, 0.6) is 11.5 Å². The third kappa shape index (κ3) is 5.17. The monoisotopic (exact) mass is 395 g/mol. The molecule has 0 atom stereocenters. The Balaban J connectivity index is 1.65. The Kier molecular flexibility index (Phi) is 6.39. The SMILES string of the molecule is COc1cc(/C=C/C(=O)Nc2nnc(-c3ccccc3)s2)ccc1OC(C)C. The van der Waals surface area contributed by atoms with Gasteiger partial charge in [-0.15, -0.1) is 10.2 Å². The molecule has 0 spiro atoms. The number of carbonyl (C=O) groups excluding carboxylic acids is 1. The molecular formula is C21H21N3O3S. The Morgan fingerprint density at radius 2 is 1.89 bits per heavy atom. The minimum atomic E-state index is -0.280. The molecule has 1 aromatic heterocycles. The van der Waals surface area contributed by atoms with Crippen LogP contribution < -0.4 is 14.8 Å². The van der Waals surface area contributed by atoms with Crippen LogP contribution in [-0.4, -0.2) is 29.3 Å². The molecule has 2 aromatic carbocycles. The highest BCUT2D eigenvalue weighted by molar-refractivity contribution is 7.18. The number of rotatable bonds is 7. The molecule has 144 valence electrons. The van der Waals surface area contributed by atoms with E-state index in [2.05, 4.69) is 15.5 Å². The van der Waals surface area contributed by atoms with Crippen LogP contribution in [0.2, 0.25) is 0 Å². The fourth-order valence-corrected chi connectivity index (χ4v) is 3.18. The lowest BCUT2D eigenvalue weighted by Gasteiger charge is -2.13. The summed E-state index contributed by atoms with van der Waals surface area (Å²) in [5, 5.41) is 12.1. The van der Waals surface area contributed by atoms with Crippen LogP contribution in [0, 0.1) is 0 Å². The summed E-state index contributed by atoms with van der Waals surface area (Å²) < 4.78 is 11.1. The summed E-state index contributed by atoms with van der Waals surface area (Å²) in [7, 11) is 1.59. The zero-order valence-corrected chi connectivity index (χ0v) is 16.7. The molecule has 7 heteroatoms. The van der Waals surface area contributed by atoms with Crippen molar-refractivity contribution in [2.24, 2.45) is 0 Å². The van der Waals surface area contributed by atoms with Crippen LogP contribution in [-0.2, 0) is 4.79 Å². The van der Waals surface area contributed by atoms with Gasteiger partial charge in [-0.1, -0.05) is 47.7 Å². The van der Waals surface area contributed by atoms with Gasteiger partial charge in [-0.05, 0) is 37.6 Å². The summed E-state index contributed by atoms with van der Waals surface area (Å²) in [5.41, 5.74) is 1.79. The van der Waals surface area contributed by atoms with Crippen molar-refractivity contribution in [2.75, 3.05) is 12.4 Å². The minimum absolute atomic E-state index is 0.0498. The maximum atomic E-state index is 12.2. The normalized spacial score (nSPS) is 11.0. The predicted octanol–water partition coefficient (Wildman–Crippen LogP) is 4.65. The first-order valence-corrected chi connectivity index (χ1v) is 9.59. The fourth-order valence-electron chi connectivity index (χ4n) is 2.43. The number of nitrogens with one attached hydrogen (secondary N) is 1. The molecule has 1 amide bonds. The summed E-state index contributed by atoms with van der Waals surface area (Å²) in [6, 6.07) is 15.2. The molecule has 0 aliphatic rings. The van der Waals surface area contributed by atoms with Crippen molar-refractivity contribution in [3.05, 3.63) is 60.2 Å². The molecule has 3 aromatic rings. The number of hydrogen-bond acceptors (Lipinski definition) is 6. The number of hydrogen-bond donors (Lipinski definition) is 1. The highest BCUT2D eigenvalue weighted by atomic mass is 32.1. The first-order chi connectivity index (χ1) is 13.5. The van der Waals surface area contributed by atoms with E-state index in [0.29, 0.717) is 16.6 Å². The van der Waals surface area contributed by atoms with E-state index in [1.54, 1.807) is 13.2 Å². The van der Waals surface area contributed by atoms with Crippen molar-refractivity contribution in [3.8, 4) is 22.1 Å². The van der Waals surface area contributed by atoms with Gasteiger partial charge < -0.3 is 9.47 Å². The average Bonchev–Trinajstić information content (AvgIpc) is 3.16. The second kappa shape index (κ2) is 9.14. The van der Waals surface area contributed by atoms with Gasteiger partial charge in [-0.2, -0.15) is 0 Å². The average molecular weight is 395 g/mol. The number of aromatic nitrogens is 2. The van der Waals surface area contributed by atoms with Gasteiger partial charge in [-0.3, -0.25) is 10.1 Å². The van der Waals surface area contributed by atoms with E-state index < -0.39 is 0 Å². The minimum Gasteiger partial charge on any atom is -0.493 e. The highest BCUT2D eigenvalue weighted by Gasteiger charge is 2.09. The van der Waals surface area contributed by atoms with Crippen LogP contribution in [0.1, 0.15) is 19.4 Å². The van der Waals surface area contributed by atoms with Gasteiger partial charge in [0.25, 0.3) is 0 Å². The van der Waals surface area contributed by atoms with Gasteiger partial charge in [0, 0.05) is 11.6 Å². The molecule has 3 rings (SSSR count). The van der Waals surface area contributed by atoms with Gasteiger partial charge in [0.1, 0.15) is 5.01 Å². The molecule has 0 saturated carbocycles. The predicted molar refractivity (Wildman–Crippen MR) is 112 cm³/mol. The van der Waals surface area contributed by atoms with Crippen molar-refractivity contribution in [1.29, 1.82) is 0 Å². The maximum absolute atomic E-state index is 12.2. The van der Waals surface area contributed by atoms with Crippen LogP contribution in [0.3, 0.4) is 0 Å². The summed E-state index contributed by atoms with van der Waals surface area (Å²) in [4.78, 5) is 12.2. The number of amides is 1. The van der Waals surface area contributed by atoms with Crippen molar-refractivity contribution < 1.29 is 14.3 Å². The second-order valence-corrected chi connectivity index (χ2v) is 7.16. The van der Waals surface area contributed by atoms with E-state index >= 15 is 0 Å². The van der Waals surface area contributed by atoms with Crippen LogP contribution in [0.4, 0.5) is 5.13 Å². The highest BCUT2D eigenvalue weighted by Crippen LogP contribution is 2.29. The van der Waals surface area contributed by atoms with Crippen molar-refractivity contribution in [3.63, 3.8) is 0 Å². The number of benzene rings is 2. The zero-order chi connectivity index (χ0) is 19.9. The van der Waals surface area contributed by atoms with E-state index in [4.69, 9.17) is 9.47 Å². The molecule has 1 heterocycles. The van der Waals surface area contributed by atoms with Crippen molar-refractivity contribution in [2.45, 2.75) is 20.0 Å². The van der Waals surface area contributed by atoms with Gasteiger partial charge in [0.2, 0.25) is 11.0 Å². The fraction of sp³-hybridized carbons (Fsp3) is 0.190. The molecule has 0 aliphatic heterocycles. The van der Waals surface area contributed by atoms with E-state index in [1.165, 1.54) is 17.4 Å². The van der Waals surface area contributed by atoms with E-state index in [0.717, 1.165) is 16.1 Å². The first kappa shape index (κ1) is 19.6. The van der Waals surface area contributed by atoms with Gasteiger partial charge in [0.15, 0.2) is 11.5 Å². The number of ether oxygens (including phenoxy) is 2. The molecule has 0 aliphatic carbocycles. The van der Waals surface area contributed by atoms with Crippen molar-refractivity contribution >= 4 is 28.5 Å². The first-order valence-electron chi connectivity index (χ1n) is 8.78. The maximum Gasteiger partial charge on any atom is 0.250 e. The van der Waals surface area contributed by atoms with Crippen LogP contribution >= 0.6 is 11.3 Å². The molecular weight excluding hydrogens is 374 g/mol. The number of nitrogens with zero attached hydrogens (tertiary/aromatic N) is 2. The van der Waals surface area contributed by atoms with Gasteiger partial charge in [-0.25, -0.2) is 0 Å². The van der Waals surface area contributed by atoms with Crippen molar-refractivity contribution in [1.82, 2.24) is 10.2 Å². The van der Waals surface area contributed by atoms with Gasteiger partial charge >= 0.3 is 0 Å². The summed E-state index contributed by atoms with van der Waals surface area (Å²) >= 11 is 1.33. The Labute approximate surface area is 167 Å². The third-order valence-corrected chi connectivity index (χ3v) is 4.54. The zero-order valence-electron chi connectivity index (χ0n) is 15.9. The Morgan fingerprint density at radius 1 is 1.11 bits per heavy atom. The third-order valence-electron chi connectivity index (χ3n) is 3.65. The quantitative estimate of drug-likeness (QED) is 0.589. The smallest absolute Gasteiger partial charge is 0.250 e. The number of methoxy groups -OCH3 is 1. The summed E-state index contributed by atoms with van der Waals surface area (Å²) in [5.74, 6) is 1.01. The molecule has 0 bridgehead atoms. The molecule has 0 radical (unpaired) electrons. The van der Waals surface area contributed by atoms with Crippen LogP contribution in [0.15, 0.2) is 54.6 Å². The second-order valence-electron chi connectivity index (χ2n) is 6.18. The lowest BCUT2D eigenvalue weighted by Crippen LogP contribution is -2.07.